The average Bonchev–Trinajstić information content (AvgIpc) is 1.50. The minimum Gasteiger partial charge on any atom is -0.455 e. The molecule has 0 atom stereocenters. The summed E-state index contributed by atoms with van der Waals surface area (Å²) in [5, 5.41) is -7.78. The topological polar surface area (TPSA) is 110 Å². The summed E-state index contributed by atoms with van der Waals surface area (Å²) in [7, 11) is 0. The van der Waals surface area contributed by atoms with Gasteiger partial charge in [0, 0.05) is 124 Å². The van der Waals surface area contributed by atoms with Crippen LogP contribution in [-0.4, -0.2) is 48.2 Å². The number of aromatic nitrogens is 10. The molecular weight excluding hydrogens is 1670 g/mol. The molecule has 9 aromatic heterocycles. The van der Waals surface area contributed by atoms with E-state index in [-0.39, 0.29) is 102 Å². The molecule has 0 saturated heterocycles. The summed E-state index contributed by atoms with van der Waals surface area (Å²) in [5.74, 6) is -2.05. The molecule has 0 aliphatic rings. The quantitative estimate of drug-likeness (QED) is 0.139. The third-order valence-electron chi connectivity index (χ3n) is 22.3. The van der Waals surface area contributed by atoms with Gasteiger partial charge in [-0.1, -0.05) is 337 Å². The van der Waals surface area contributed by atoms with Gasteiger partial charge in [0.25, 0.3) is 0 Å². The molecule has 632 valence electrons. The van der Waals surface area contributed by atoms with Crippen molar-refractivity contribution in [1.29, 1.82) is 0 Å². The number of nitrogens with zero attached hydrogens (tertiary/aromatic N) is 10. The van der Waals surface area contributed by atoms with Crippen molar-refractivity contribution in [3.63, 3.8) is 0 Å². The van der Waals surface area contributed by atoms with E-state index in [0.29, 0.717) is 0 Å². The highest BCUT2D eigenvalue weighted by Gasteiger charge is 2.29. The molecule has 0 spiro atoms. The number of hydrogen-bond donors (Lipinski definition) is 0. The van der Waals surface area contributed by atoms with Crippen LogP contribution in [0.5, 0.6) is 0 Å². The van der Waals surface area contributed by atoms with Crippen LogP contribution in [0.25, 0.3) is 263 Å². The fourth-order valence-electron chi connectivity index (χ4n) is 16.7. The largest absolute Gasteiger partial charge is 0.455 e. The molecule has 0 saturated carbocycles. The van der Waals surface area contributed by atoms with Gasteiger partial charge in [-0.15, -0.1) is 11.3 Å². The number of hydrogen-bond acceptors (Lipinski definition) is 8. The van der Waals surface area contributed by atoms with Crippen molar-refractivity contribution in [2.45, 2.75) is 20.8 Å². The minimum atomic E-state index is -1.01. The normalized spacial score (nSPS) is 19.1. The molecule has 0 N–H and O–H groups in total. The van der Waals surface area contributed by atoms with Crippen LogP contribution in [0.4, 0.5) is 0 Å². The fraction of sp³-hybridized carbons (Fsp3) is 0.0244. The Balaban J connectivity index is 0.000000140. The molecule has 0 amide bonds. The van der Waals surface area contributed by atoms with Gasteiger partial charge in [0.15, 0.2) is 0 Å². The molecule has 29 rings (SSSR count). The first kappa shape index (κ1) is 35.3. The smallest absolute Gasteiger partial charge is 0.235 e. The van der Waals surface area contributed by atoms with E-state index in [2.05, 4.69) is 19.9 Å². The van der Waals surface area contributed by atoms with Gasteiger partial charge in [-0.25, -0.2) is 29.9 Å². The Kier molecular flexibility index (Phi) is 8.05. The lowest BCUT2D eigenvalue weighted by molar-refractivity contribution is 0.673. The van der Waals surface area contributed by atoms with Gasteiger partial charge in [-0.3, -0.25) is 13.7 Å². The van der Waals surface area contributed by atoms with Crippen LogP contribution < -0.4 is 0 Å². The van der Waals surface area contributed by atoms with E-state index in [0.717, 1.165) is 29.6 Å². The van der Waals surface area contributed by atoms with Gasteiger partial charge in [0.1, 0.15) is 11.2 Å². The van der Waals surface area contributed by atoms with Crippen molar-refractivity contribution in [3.05, 3.63) is 434 Å². The van der Waals surface area contributed by atoms with Crippen molar-refractivity contribution in [1.82, 2.24) is 48.2 Å². The zero-order valence-electron chi connectivity index (χ0n) is 137. The Morgan fingerprint density at radius 1 is 0.244 bits per heavy atom. The molecule has 0 radical (unpaired) electrons. The van der Waals surface area contributed by atoms with Crippen LogP contribution in [0.15, 0.2) is 421 Å². The molecule has 135 heavy (non-hydrogen) atoms. The summed E-state index contributed by atoms with van der Waals surface area (Å²) in [6, 6.07) is -52.1. The van der Waals surface area contributed by atoms with Crippen molar-refractivity contribution in [2.75, 3.05) is 0 Å². The molecule has 12 heteroatoms. The molecule has 0 unspecified atom stereocenters. The van der Waals surface area contributed by atoms with Crippen molar-refractivity contribution >= 4 is 206 Å². The molecule has 29 aromatic rings. The van der Waals surface area contributed by atoms with Gasteiger partial charge in [0.2, 0.25) is 17.8 Å². The van der Waals surface area contributed by atoms with Crippen molar-refractivity contribution in [3.8, 4) is 68.4 Å². The third kappa shape index (κ3) is 12.3. The second-order valence-corrected chi connectivity index (χ2v) is 30.9. The molecule has 0 aliphatic heterocycles. The van der Waals surface area contributed by atoms with Crippen LogP contribution in [0, 0.1) is 20.8 Å². The summed E-state index contributed by atoms with van der Waals surface area (Å²) in [4.78, 5) is 27.8. The first-order valence-electron chi connectivity index (χ1n) is 74.7. The Morgan fingerprint density at radius 2 is 0.674 bits per heavy atom. The second-order valence-electron chi connectivity index (χ2n) is 29.9. The molecule has 20 aromatic carbocycles. The number of benzene rings is 20. The summed E-state index contributed by atoms with van der Waals surface area (Å²) in [5.41, 5.74) is -12.1. The Labute approximate surface area is 874 Å². The monoisotopic (exact) mass is 1810 g/mol. The lowest BCUT2D eigenvalue weighted by Crippen LogP contribution is -2.04. The minimum absolute atomic E-state index is 0.0399. The lowest BCUT2D eigenvalue weighted by atomic mass is 9.99. The molecule has 0 aliphatic carbocycles. The number of rotatable bonds is 8. The summed E-state index contributed by atoms with van der Waals surface area (Å²) >= 11 is 0.747. The lowest BCUT2D eigenvalue weighted by Gasteiger charge is -2.14. The Bertz CT molecular complexity index is 14500. The first-order valence-corrected chi connectivity index (χ1v) is 41.0. The number of para-hydroxylation sites is 7. The van der Waals surface area contributed by atoms with Gasteiger partial charge in [-0.2, -0.15) is 0 Å². The van der Waals surface area contributed by atoms with E-state index in [1.54, 1.807) is 0 Å². The maximum Gasteiger partial charge on any atom is 0.235 e. The van der Waals surface area contributed by atoms with Crippen LogP contribution in [0.2, 0.25) is 0 Å². The second kappa shape index (κ2) is 30.8. The highest BCUT2D eigenvalue weighted by molar-refractivity contribution is 7.27. The Hall–Kier alpha value is -17.6. The fourth-order valence-corrected chi connectivity index (χ4v) is 17.9. The molecule has 0 bridgehead atoms. The summed E-state index contributed by atoms with van der Waals surface area (Å²) in [6.45, 7) is 4.00. The van der Waals surface area contributed by atoms with Crippen molar-refractivity contribution in [2.24, 2.45) is 0 Å². The number of thiophene rings is 1. The first-order chi connectivity index (χ1) is 95.4. The van der Waals surface area contributed by atoms with E-state index in [9.17, 15) is 21.9 Å². The molecular formula is C123H78N10OS. The highest BCUT2D eigenvalue weighted by atomic mass is 32.1. The third-order valence-corrected chi connectivity index (χ3v) is 23.4. The Morgan fingerprint density at radius 3 is 1.33 bits per heavy atom. The standard InChI is InChI=1S/C45H30N4.C41H25N3S.C37H23N3O/c1-29-20-23-36-39(26-29)46-45(47-44(36)30-12-4-2-5-13-30)49-41-19-11-9-17-35(41)38-28-32(22-25-43(38)49)31-21-24-42-37(27-31)34-16-8-10-18-40(34)48(42)33-14-6-3-7-15-33;1-24-18-20-26(21-19-24)37-32-23-22-25-10-2-3-11-27(25)38(32)43-41(42-37)44-33-16-8-6-14-30(33)35-28-12-4-5-13-29(28)36-31-15-7-9-17-34(31)45-40(36)39(35)44;1-22-18-20-23(21-19-22)34-26-12-4-7-15-29(26)38-37(39-34)40-30-16-8-5-13-27(30)32-33-28-14-6-9-17-31(28)41-36(33)25-11-3-2-10-24(25)35(32)40/h2-28H,1H3;2-23H,1H3;2-21H,1H3/i2D,3D,4D,5D,6D,7D,8D,9D,10D,11D,12D,13D,14D,15D,16D,17D,18D,19D,20D,21D,22D,23D,24D,25D,26D,27D,28D;2D,3D,4D,5D,6D,7D,8D,9D,10D,11D,12D,13D,14D,15D,16D,17D,18D,19D,20D,21D,22D,23D;2D,3D,4D,5D,6D,7D,8D,9D,10D,11D,12D,13D,14D,15D,16D,17D,18D,19D,20D,21D. The van der Waals surface area contributed by atoms with Crippen molar-refractivity contribution < 1.29 is 99.0 Å². The van der Waals surface area contributed by atoms with E-state index in [4.69, 9.17) is 87.0 Å². The average molecular weight is 1810 g/mol. The van der Waals surface area contributed by atoms with E-state index in [1.807, 2.05) is 0 Å². The summed E-state index contributed by atoms with van der Waals surface area (Å²) in [6.07, 6.45) is 0. The SMILES string of the molecule is [2H]c1c([2H])c(-c2nc(-n3c4c([2H])c([2H])c([2H])c([2H])c4c4c5c([2H])c([2H])c([2H])c([2H])c5c5c(sc6c([2H])c([2H])c([2H])c([2H])c65)c43)nc3c2c([2H])c([2H])c2c([2H])c([2H])c([2H])c([2H])c23)c([2H])c([2H])c1C.[2H]c1c([2H])c(-c2nc(-n3c4c([2H])c([2H])c([2H])c([2H])c4c4c5c(oc6c([2H])c([2H])c([2H])c([2H])c65)c5c([2H])c([2H])c([2H])c([2H])c5c43)nc3c([2H])c([2H])c([2H])c([2H])c23)c([2H])c([2H])c1C.[2H]c1c([2H])c([2H])c(-c2nc(-n3c4c([2H])c([2H])c([2H])c([2H])c4c4c([2H])c(-c5c([2H])c([2H])c6c(c5[2H])c5c([2H])c([2H])c([2H])c([2H])c5n6-c5c([2H])c([2H])c([2H])c([2H])c5[2H])c([2H])c([2H])c43)nc3c([2H])c(C)c([2H])c([2H])c23)c([2H])c1[2H]. The van der Waals surface area contributed by atoms with E-state index < -0.39 is 594 Å². The van der Waals surface area contributed by atoms with Gasteiger partial charge in [0.05, 0.1) is 177 Å². The number of fused-ring (bicyclic) bond motifs is 31. The number of furan rings is 1. The van der Waals surface area contributed by atoms with Crippen LogP contribution >= 0.6 is 11.3 Å². The zero-order chi connectivity index (χ0) is 149. The van der Waals surface area contributed by atoms with Crippen LogP contribution in [-0.2, 0) is 0 Å². The van der Waals surface area contributed by atoms with Gasteiger partial charge >= 0.3 is 0 Å². The van der Waals surface area contributed by atoms with Gasteiger partial charge < -0.3 is 8.98 Å². The van der Waals surface area contributed by atoms with E-state index >= 15 is 0 Å². The highest BCUT2D eigenvalue weighted by Crippen LogP contribution is 2.51. The zero-order valence-corrected chi connectivity index (χ0v) is 69.1. The maximum atomic E-state index is 9.89. The summed E-state index contributed by atoms with van der Waals surface area (Å²) < 4.78 is 624. The predicted octanol–water partition coefficient (Wildman–Crippen LogP) is 32.6. The van der Waals surface area contributed by atoms with Crippen LogP contribution in [0.3, 0.4) is 0 Å². The van der Waals surface area contributed by atoms with E-state index in [1.165, 1.54) is 20.8 Å². The molecule has 9 heterocycles. The predicted molar refractivity (Wildman–Crippen MR) is 565 cm³/mol. The molecule has 0 fully saturated rings. The van der Waals surface area contributed by atoms with Gasteiger partial charge in [-0.05, 0) is 144 Å². The van der Waals surface area contributed by atoms with Crippen LogP contribution in [0.1, 0.15) is 111 Å². The molecule has 11 nitrogen and oxygen atoms in total. The maximum absolute atomic E-state index is 9.89.